The molecule has 6 rings (SSSR count). The van der Waals surface area contributed by atoms with Gasteiger partial charge < -0.3 is 4.74 Å². The van der Waals surface area contributed by atoms with Crippen LogP contribution in [0.1, 0.15) is 18.7 Å². The van der Waals surface area contributed by atoms with Gasteiger partial charge in [0.2, 0.25) is 0 Å². The number of hydrogen-bond donors (Lipinski definition) is 0. The number of aryl methyl sites for hydroxylation is 1. The van der Waals surface area contributed by atoms with Gasteiger partial charge in [-0.05, 0) is 50.1 Å². The second-order valence-corrected chi connectivity index (χ2v) is 9.13. The predicted molar refractivity (Wildman–Crippen MR) is 130 cm³/mol. The van der Waals surface area contributed by atoms with Crippen LogP contribution in [0.2, 0.25) is 10.0 Å². The average molecular weight is 480 g/mol. The van der Waals surface area contributed by atoms with Crippen LogP contribution in [0.5, 0.6) is 0 Å². The molecule has 9 heteroatoms. The zero-order valence-electron chi connectivity index (χ0n) is 17.8. The highest BCUT2D eigenvalue weighted by Gasteiger charge is 2.24. The first kappa shape index (κ1) is 20.6. The standard InChI is InChI=1S/C24H19Cl2N5O2/c1-13-27-22-20(24(32)30(13)12-17-5-4-8-33-17)21-23(29-19-7-3-2-6-18(19)28-21)31(22)16-10-14(25)9-15(26)11-16/h2-3,6-7,9-11,17H,4-5,8,12H2,1H3/t17-/m1/s1. The molecule has 5 aromatic rings. The summed E-state index contributed by atoms with van der Waals surface area (Å²) >= 11 is 12.6. The normalized spacial score (nSPS) is 16.4. The number of para-hydroxylation sites is 2. The maximum atomic E-state index is 13.8. The molecule has 0 saturated carbocycles. The Morgan fingerprint density at radius 1 is 1.03 bits per heavy atom. The monoisotopic (exact) mass is 479 g/mol. The van der Waals surface area contributed by atoms with Gasteiger partial charge in [-0.1, -0.05) is 35.3 Å². The molecule has 0 bridgehead atoms. The lowest BCUT2D eigenvalue weighted by atomic mass is 10.2. The van der Waals surface area contributed by atoms with Crippen LogP contribution in [0.15, 0.2) is 47.3 Å². The van der Waals surface area contributed by atoms with Crippen LogP contribution < -0.4 is 5.56 Å². The van der Waals surface area contributed by atoms with Crippen LogP contribution >= 0.6 is 23.2 Å². The van der Waals surface area contributed by atoms with Crippen LogP contribution in [-0.2, 0) is 11.3 Å². The largest absolute Gasteiger partial charge is 0.376 e. The topological polar surface area (TPSA) is 74.8 Å². The van der Waals surface area contributed by atoms with E-state index in [9.17, 15) is 4.79 Å². The van der Waals surface area contributed by atoms with Crippen molar-refractivity contribution in [1.29, 1.82) is 0 Å². The third kappa shape index (κ3) is 3.39. The molecule has 2 aromatic carbocycles. The zero-order valence-corrected chi connectivity index (χ0v) is 19.3. The molecule has 3 aromatic heterocycles. The highest BCUT2D eigenvalue weighted by Crippen LogP contribution is 2.31. The molecular weight excluding hydrogens is 461 g/mol. The van der Waals surface area contributed by atoms with Crippen molar-refractivity contribution in [2.45, 2.75) is 32.4 Å². The molecule has 0 spiro atoms. The molecule has 7 nitrogen and oxygen atoms in total. The first-order valence-electron chi connectivity index (χ1n) is 10.8. The summed E-state index contributed by atoms with van der Waals surface area (Å²) in [6.45, 7) is 3.02. The lowest BCUT2D eigenvalue weighted by Gasteiger charge is -2.14. The maximum absolute atomic E-state index is 13.8. The minimum absolute atomic E-state index is 0.00708. The molecule has 0 amide bonds. The molecule has 0 N–H and O–H groups in total. The smallest absolute Gasteiger partial charge is 0.265 e. The molecule has 0 unspecified atom stereocenters. The molecule has 1 aliphatic rings. The number of benzene rings is 2. The van der Waals surface area contributed by atoms with Crippen LogP contribution in [0.25, 0.3) is 38.9 Å². The van der Waals surface area contributed by atoms with Crippen molar-refractivity contribution in [3.05, 3.63) is 68.7 Å². The quantitative estimate of drug-likeness (QED) is 0.360. The van der Waals surface area contributed by atoms with E-state index in [4.69, 9.17) is 42.9 Å². The number of fused-ring (bicyclic) bond motifs is 4. The summed E-state index contributed by atoms with van der Waals surface area (Å²) in [5.74, 6) is 0.602. The number of nitrogens with zero attached hydrogens (tertiary/aromatic N) is 5. The second kappa shape index (κ2) is 7.80. The number of halogens is 2. The Bertz CT molecular complexity index is 1600. The predicted octanol–water partition coefficient (Wildman–Crippen LogP) is 5.08. The van der Waals surface area contributed by atoms with Crippen LogP contribution in [0.3, 0.4) is 0 Å². The van der Waals surface area contributed by atoms with Gasteiger partial charge >= 0.3 is 0 Å². The van der Waals surface area contributed by atoms with E-state index in [1.807, 2.05) is 35.8 Å². The highest BCUT2D eigenvalue weighted by atomic mass is 35.5. The Labute approximate surface area is 198 Å². The van der Waals surface area contributed by atoms with Gasteiger partial charge in [0, 0.05) is 16.7 Å². The maximum Gasteiger partial charge on any atom is 0.265 e. The molecule has 1 saturated heterocycles. The van der Waals surface area contributed by atoms with Gasteiger partial charge in [0.1, 0.15) is 16.7 Å². The number of aromatic nitrogens is 5. The highest BCUT2D eigenvalue weighted by molar-refractivity contribution is 6.35. The van der Waals surface area contributed by atoms with Gasteiger partial charge in [-0.2, -0.15) is 0 Å². The van der Waals surface area contributed by atoms with Crippen LogP contribution in [0, 0.1) is 6.92 Å². The van der Waals surface area contributed by atoms with Crippen molar-refractivity contribution < 1.29 is 4.74 Å². The van der Waals surface area contributed by atoms with Crippen molar-refractivity contribution in [3.63, 3.8) is 0 Å². The van der Waals surface area contributed by atoms with Crippen LogP contribution in [-0.4, -0.2) is 36.8 Å². The molecule has 1 fully saturated rings. The van der Waals surface area contributed by atoms with E-state index in [2.05, 4.69) is 0 Å². The van der Waals surface area contributed by atoms with Gasteiger partial charge in [0.05, 0.1) is 29.4 Å². The summed E-state index contributed by atoms with van der Waals surface area (Å²) in [7, 11) is 0. The summed E-state index contributed by atoms with van der Waals surface area (Å²) in [4.78, 5) is 28.3. The molecule has 166 valence electrons. The average Bonchev–Trinajstić information content (AvgIpc) is 3.40. The number of hydrogen-bond acceptors (Lipinski definition) is 5. The SMILES string of the molecule is Cc1nc2c(c(=O)n1C[C@H]1CCCO1)c1nc3ccccc3nc1n2-c1cc(Cl)cc(Cl)c1. The van der Waals surface area contributed by atoms with Gasteiger partial charge in [0.25, 0.3) is 5.56 Å². The lowest BCUT2D eigenvalue weighted by molar-refractivity contribution is 0.0955. The van der Waals surface area contributed by atoms with E-state index in [-0.39, 0.29) is 11.7 Å². The number of rotatable bonds is 3. The fraction of sp³-hybridized carbons (Fsp3) is 0.250. The van der Waals surface area contributed by atoms with E-state index in [1.54, 1.807) is 22.8 Å². The van der Waals surface area contributed by atoms with Crippen molar-refractivity contribution in [2.75, 3.05) is 6.61 Å². The van der Waals surface area contributed by atoms with E-state index in [0.717, 1.165) is 25.0 Å². The molecule has 1 aliphatic heterocycles. The van der Waals surface area contributed by atoms with Crippen molar-refractivity contribution in [2.24, 2.45) is 0 Å². The number of ether oxygens (including phenoxy) is 1. The van der Waals surface area contributed by atoms with Gasteiger partial charge in [0.15, 0.2) is 11.3 Å². The van der Waals surface area contributed by atoms with Crippen molar-refractivity contribution in [3.8, 4) is 5.69 Å². The van der Waals surface area contributed by atoms with Gasteiger partial charge in [-0.15, -0.1) is 0 Å². The third-order valence-corrected chi connectivity index (χ3v) is 6.51. The Kier molecular flexibility index (Phi) is 4.87. The minimum Gasteiger partial charge on any atom is -0.376 e. The summed E-state index contributed by atoms with van der Waals surface area (Å²) < 4.78 is 9.27. The third-order valence-electron chi connectivity index (χ3n) is 6.07. The Morgan fingerprint density at radius 2 is 1.76 bits per heavy atom. The molecule has 0 radical (unpaired) electrons. The zero-order chi connectivity index (χ0) is 22.7. The fourth-order valence-electron chi connectivity index (χ4n) is 4.55. The Morgan fingerprint density at radius 3 is 2.45 bits per heavy atom. The van der Waals surface area contributed by atoms with Gasteiger partial charge in [-0.3, -0.25) is 13.9 Å². The molecule has 1 atom stereocenters. The lowest BCUT2D eigenvalue weighted by Crippen LogP contribution is -2.29. The Hall–Kier alpha value is -3.00. The summed E-state index contributed by atoms with van der Waals surface area (Å²) in [5, 5.41) is 1.37. The summed E-state index contributed by atoms with van der Waals surface area (Å²) in [5.41, 5.74) is 3.44. The van der Waals surface area contributed by atoms with E-state index < -0.39 is 0 Å². The fourth-order valence-corrected chi connectivity index (χ4v) is 5.07. The van der Waals surface area contributed by atoms with E-state index >= 15 is 0 Å². The molecule has 4 heterocycles. The van der Waals surface area contributed by atoms with Gasteiger partial charge in [-0.25, -0.2) is 15.0 Å². The summed E-state index contributed by atoms with van der Waals surface area (Å²) in [6, 6.07) is 12.8. The molecule has 33 heavy (non-hydrogen) atoms. The molecule has 0 aliphatic carbocycles. The minimum atomic E-state index is -0.158. The van der Waals surface area contributed by atoms with Crippen molar-refractivity contribution >= 4 is 56.4 Å². The second-order valence-electron chi connectivity index (χ2n) is 8.26. The van der Waals surface area contributed by atoms with Crippen molar-refractivity contribution in [1.82, 2.24) is 24.1 Å². The first-order valence-corrected chi connectivity index (χ1v) is 11.5. The first-order chi connectivity index (χ1) is 16.0. The Balaban J connectivity index is 1.73. The van der Waals surface area contributed by atoms with E-state index in [0.29, 0.717) is 55.8 Å². The molecular formula is C24H19Cl2N5O2. The van der Waals surface area contributed by atoms with E-state index in [1.165, 1.54) is 0 Å². The van der Waals surface area contributed by atoms with Crippen LogP contribution in [0.4, 0.5) is 0 Å². The summed E-state index contributed by atoms with van der Waals surface area (Å²) in [6.07, 6.45) is 1.94.